The van der Waals surface area contributed by atoms with Crippen LogP contribution in [0, 0.1) is 6.10 Å². The van der Waals surface area contributed by atoms with Crippen molar-refractivity contribution in [2.45, 2.75) is 24.6 Å². The highest BCUT2D eigenvalue weighted by Crippen LogP contribution is 2.33. The van der Waals surface area contributed by atoms with Crippen molar-refractivity contribution in [3.63, 3.8) is 0 Å². The van der Waals surface area contributed by atoms with Crippen LogP contribution in [0.4, 0.5) is 0 Å². The van der Waals surface area contributed by atoms with Crippen LogP contribution >= 0.6 is 0 Å². The molecular weight excluding hydrogens is 540 g/mol. The smallest absolute Gasteiger partial charge is 0.338 e. The molecule has 0 spiro atoms. The Morgan fingerprint density at radius 2 is 1.07 bits per heavy atom. The van der Waals surface area contributed by atoms with Gasteiger partial charge in [0.05, 0.1) is 16.7 Å². The first-order valence-electron chi connectivity index (χ1n) is 13.2. The molecule has 1 radical (unpaired) electrons. The maximum atomic E-state index is 13.1. The van der Waals surface area contributed by atoms with Gasteiger partial charge < -0.3 is 28.8 Å². The molecule has 42 heavy (non-hydrogen) atoms. The van der Waals surface area contributed by atoms with Gasteiger partial charge in [-0.05, 0) is 48.5 Å². The summed E-state index contributed by atoms with van der Waals surface area (Å²) in [6.45, 7) is -0.438. The Hall–Kier alpha value is -4.99. The molecule has 0 bridgehead atoms. The van der Waals surface area contributed by atoms with Crippen molar-refractivity contribution in [2.24, 2.45) is 0 Å². The van der Waals surface area contributed by atoms with Crippen molar-refractivity contribution in [1.29, 1.82) is 0 Å². The summed E-state index contributed by atoms with van der Waals surface area (Å²) >= 11 is 0. The average molecular weight is 568 g/mol. The highest BCUT2D eigenvalue weighted by molar-refractivity contribution is 5.91. The van der Waals surface area contributed by atoms with Crippen molar-refractivity contribution in [3.8, 4) is 5.75 Å². The van der Waals surface area contributed by atoms with Crippen LogP contribution in [-0.2, 0) is 18.9 Å². The molecule has 0 amide bonds. The molecule has 9 heteroatoms. The fourth-order valence-electron chi connectivity index (χ4n) is 4.23. The number of esters is 3. The SMILES string of the molecule is O=C(OC[C@H]1O[C@H](Oc2ccccc2)[C@H](OC(=O)c2ccccc2)[C@@H](OC(=O)c2ccccc2)[C]1O)c1ccccc1. The van der Waals surface area contributed by atoms with Gasteiger partial charge in [-0.2, -0.15) is 0 Å². The second-order valence-electron chi connectivity index (χ2n) is 9.24. The van der Waals surface area contributed by atoms with Gasteiger partial charge in [0, 0.05) is 0 Å². The van der Waals surface area contributed by atoms with E-state index in [1.165, 1.54) is 0 Å². The predicted octanol–water partition coefficient (Wildman–Crippen LogP) is 5.00. The number of para-hydroxylation sites is 1. The average Bonchev–Trinajstić information content (AvgIpc) is 3.04. The fraction of sp³-hybridized carbons (Fsp3) is 0.152. The van der Waals surface area contributed by atoms with Crippen LogP contribution in [0.1, 0.15) is 31.1 Å². The maximum absolute atomic E-state index is 13.1. The van der Waals surface area contributed by atoms with Crippen molar-refractivity contribution in [3.05, 3.63) is 144 Å². The number of rotatable bonds is 9. The van der Waals surface area contributed by atoms with Gasteiger partial charge in [-0.15, -0.1) is 0 Å². The highest BCUT2D eigenvalue weighted by Gasteiger charge is 2.52. The first-order chi connectivity index (χ1) is 20.5. The summed E-state index contributed by atoms with van der Waals surface area (Å²) in [5.41, 5.74) is 0.728. The zero-order valence-corrected chi connectivity index (χ0v) is 22.3. The monoisotopic (exact) mass is 567 g/mol. The first-order valence-corrected chi connectivity index (χ1v) is 13.2. The molecule has 213 valence electrons. The molecule has 1 heterocycles. The third-order valence-corrected chi connectivity index (χ3v) is 6.35. The van der Waals surface area contributed by atoms with Crippen LogP contribution in [0.3, 0.4) is 0 Å². The number of benzene rings is 4. The molecular formula is C33H27O9. The number of carbonyl (C=O) groups excluding carboxylic acids is 3. The normalized spacial score (nSPS) is 20.2. The molecule has 0 unspecified atom stereocenters. The van der Waals surface area contributed by atoms with Gasteiger partial charge in [0.25, 0.3) is 0 Å². The van der Waals surface area contributed by atoms with Crippen LogP contribution in [-0.4, -0.2) is 54.2 Å². The molecule has 0 aromatic heterocycles. The third kappa shape index (κ3) is 7.01. The summed E-state index contributed by atoms with van der Waals surface area (Å²) in [4.78, 5) is 38.9. The lowest BCUT2D eigenvalue weighted by molar-refractivity contribution is -0.248. The number of hydrogen-bond donors (Lipinski definition) is 1. The van der Waals surface area contributed by atoms with E-state index in [1.54, 1.807) is 121 Å². The molecule has 1 fully saturated rings. The maximum Gasteiger partial charge on any atom is 0.338 e. The van der Waals surface area contributed by atoms with Crippen LogP contribution < -0.4 is 4.74 Å². The molecule has 4 aromatic carbocycles. The van der Waals surface area contributed by atoms with Gasteiger partial charge in [0.15, 0.2) is 12.2 Å². The standard InChI is InChI=1S/C33H27O9/c34-27-26(21-38-30(35)22-13-5-1-6-14-22)40-33(39-25-19-11-4-12-20-25)29(42-32(37)24-17-9-3-10-18-24)28(27)41-31(36)23-15-7-2-8-16-23/h1-20,26,28-29,33-34H,21H2/t26-,28+,29-,33+/m1/s1. The van der Waals surface area contributed by atoms with E-state index >= 15 is 0 Å². The van der Waals surface area contributed by atoms with Gasteiger partial charge in [-0.1, -0.05) is 72.8 Å². The Balaban J connectivity index is 1.45. The summed E-state index contributed by atoms with van der Waals surface area (Å²) < 4.78 is 28.9. The number of hydrogen-bond acceptors (Lipinski definition) is 9. The predicted molar refractivity (Wildman–Crippen MR) is 149 cm³/mol. The lowest BCUT2D eigenvalue weighted by atomic mass is 9.98. The van der Waals surface area contributed by atoms with Crippen molar-refractivity contribution < 1.29 is 43.2 Å². The van der Waals surface area contributed by atoms with E-state index in [0.29, 0.717) is 11.3 Å². The molecule has 4 atom stereocenters. The molecule has 5 rings (SSSR count). The van der Waals surface area contributed by atoms with Gasteiger partial charge in [-0.3, -0.25) is 0 Å². The molecule has 0 saturated carbocycles. The van der Waals surface area contributed by atoms with Gasteiger partial charge in [0.1, 0.15) is 18.5 Å². The van der Waals surface area contributed by atoms with E-state index in [9.17, 15) is 19.5 Å². The van der Waals surface area contributed by atoms with Gasteiger partial charge in [-0.25, -0.2) is 14.4 Å². The lowest BCUT2D eigenvalue weighted by Gasteiger charge is -2.42. The van der Waals surface area contributed by atoms with Crippen LogP contribution in [0.5, 0.6) is 5.75 Å². The van der Waals surface area contributed by atoms with Crippen LogP contribution in [0.2, 0.25) is 0 Å². The quantitative estimate of drug-likeness (QED) is 0.220. The molecule has 1 aliphatic rings. The molecule has 4 aromatic rings. The zero-order valence-electron chi connectivity index (χ0n) is 22.3. The number of carbonyl (C=O) groups is 3. The largest absolute Gasteiger partial charge is 0.461 e. The van der Waals surface area contributed by atoms with E-state index in [1.807, 2.05) is 0 Å². The number of ether oxygens (including phenoxy) is 5. The number of aliphatic hydroxyl groups is 1. The van der Waals surface area contributed by atoms with E-state index < -0.39 is 55.2 Å². The van der Waals surface area contributed by atoms with E-state index in [-0.39, 0.29) is 11.1 Å². The van der Waals surface area contributed by atoms with Crippen LogP contribution in [0.15, 0.2) is 121 Å². The third-order valence-electron chi connectivity index (χ3n) is 6.35. The summed E-state index contributed by atoms with van der Waals surface area (Å²) in [7, 11) is 0. The molecule has 0 aliphatic carbocycles. The molecule has 1 N–H and O–H groups in total. The highest BCUT2D eigenvalue weighted by atomic mass is 16.7. The Kier molecular flexibility index (Phi) is 9.23. The van der Waals surface area contributed by atoms with Crippen molar-refractivity contribution >= 4 is 17.9 Å². The minimum absolute atomic E-state index is 0.206. The Morgan fingerprint density at radius 1 is 0.619 bits per heavy atom. The molecule has 9 nitrogen and oxygen atoms in total. The topological polar surface area (TPSA) is 118 Å². The van der Waals surface area contributed by atoms with Crippen molar-refractivity contribution in [2.75, 3.05) is 6.61 Å². The summed E-state index contributed by atoms with van der Waals surface area (Å²) in [5.74, 6) is -1.83. The van der Waals surface area contributed by atoms with Crippen LogP contribution in [0.25, 0.3) is 0 Å². The van der Waals surface area contributed by atoms with E-state index in [2.05, 4.69) is 0 Å². The Morgan fingerprint density at radius 3 is 1.60 bits per heavy atom. The van der Waals surface area contributed by atoms with E-state index in [0.717, 1.165) is 0 Å². The summed E-state index contributed by atoms with van der Waals surface area (Å²) in [6.07, 6.45) is -6.14. The summed E-state index contributed by atoms with van der Waals surface area (Å²) in [6, 6.07) is 33.2. The minimum Gasteiger partial charge on any atom is -0.461 e. The van der Waals surface area contributed by atoms with E-state index in [4.69, 9.17) is 23.7 Å². The van der Waals surface area contributed by atoms with Crippen molar-refractivity contribution in [1.82, 2.24) is 0 Å². The minimum atomic E-state index is -1.53. The molecule has 1 aliphatic heterocycles. The molecule has 1 saturated heterocycles. The lowest BCUT2D eigenvalue weighted by Crippen LogP contribution is -2.59. The summed E-state index contributed by atoms with van der Waals surface area (Å²) in [5, 5.41) is 11.3. The van der Waals surface area contributed by atoms with Gasteiger partial charge in [0.2, 0.25) is 12.4 Å². The Labute approximate surface area is 242 Å². The number of aliphatic hydroxyl groups excluding tert-OH is 1. The second kappa shape index (κ2) is 13.6. The first kappa shape index (κ1) is 28.5. The second-order valence-corrected chi connectivity index (χ2v) is 9.24. The zero-order chi connectivity index (χ0) is 29.3. The Bertz CT molecular complexity index is 1460. The van der Waals surface area contributed by atoms with Gasteiger partial charge >= 0.3 is 17.9 Å². The fourth-order valence-corrected chi connectivity index (χ4v) is 4.23.